The quantitative estimate of drug-likeness (QED) is 0.192. The van der Waals surface area contributed by atoms with Crippen molar-refractivity contribution in [3.63, 3.8) is 0 Å². The van der Waals surface area contributed by atoms with Gasteiger partial charge in [0, 0.05) is 25.1 Å². The first kappa shape index (κ1) is 37.6. The zero-order valence-electron chi connectivity index (χ0n) is 26.5. The number of esters is 1. The molecule has 1 heterocycles. The number of nitrogens with zero attached hydrogens (tertiary/aromatic N) is 2. The summed E-state index contributed by atoms with van der Waals surface area (Å²) in [7, 11) is 1.38. The summed E-state index contributed by atoms with van der Waals surface area (Å²) in [6, 6.07) is 2.67. The van der Waals surface area contributed by atoms with Gasteiger partial charge in [0.25, 0.3) is 0 Å². The van der Waals surface area contributed by atoms with E-state index in [1.807, 2.05) is 0 Å². The molecule has 0 spiro atoms. The highest BCUT2D eigenvalue weighted by Gasteiger charge is 2.44. The number of cyclic esters (lactones) is 1. The number of hydrogen-bond acceptors (Lipinski definition) is 6. The van der Waals surface area contributed by atoms with Gasteiger partial charge < -0.3 is 19.1 Å². The highest BCUT2D eigenvalue weighted by molar-refractivity contribution is 5.95. The normalized spacial score (nSPS) is 21.7. The van der Waals surface area contributed by atoms with E-state index in [2.05, 4.69) is 4.74 Å². The van der Waals surface area contributed by atoms with Crippen molar-refractivity contribution < 1.29 is 68.1 Å². The largest absolute Gasteiger partial charge is 0.573 e. The van der Waals surface area contributed by atoms with E-state index in [1.54, 1.807) is 6.92 Å². The predicted molar refractivity (Wildman–Crippen MR) is 154 cm³/mol. The Morgan fingerprint density at radius 2 is 1.51 bits per heavy atom. The van der Waals surface area contributed by atoms with Crippen LogP contribution in [0.15, 0.2) is 36.4 Å². The molecule has 1 saturated carbocycles. The summed E-state index contributed by atoms with van der Waals surface area (Å²) in [5.41, 5.74) is -3.79. The van der Waals surface area contributed by atoms with Gasteiger partial charge in [-0.15, -0.1) is 13.2 Å². The first-order valence-corrected chi connectivity index (χ1v) is 15.3. The third kappa shape index (κ3) is 9.29. The molecule has 1 aliphatic heterocycles. The van der Waals surface area contributed by atoms with E-state index in [0.29, 0.717) is 37.8 Å². The molecule has 17 heteroatoms. The summed E-state index contributed by atoms with van der Waals surface area (Å²) >= 11 is 0. The van der Waals surface area contributed by atoms with Gasteiger partial charge in [0.05, 0.1) is 30.3 Å². The first-order chi connectivity index (χ1) is 22.7. The second kappa shape index (κ2) is 14.4. The van der Waals surface area contributed by atoms with Crippen LogP contribution in [0.2, 0.25) is 0 Å². The smallest absolute Gasteiger partial charge is 0.466 e. The molecule has 270 valence electrons. The van der Waals surface area contributed by atoms with E-state index in [1.165, 1.54) is 24.9 Å². The average Bonchev–Trinajstić information content (AvgIpc) is 3.27. The van der Waals surface area contributed by atoms with Gasteiger partial charge in [-0.25, -0.2) is 4.79 Å². The molecule has 0 aromatic heterocycles. The molecule has 1 aliphatic carbocycles. The number of carbonyl (C=O) groups is 3. The van der Waals surface area contributed by atoms with Crippen LogP contribution in [0, 0.1) is 11.8 Å². The number of ether oxygens (including phenoxy) is 3. The topological polar surface area (TPSA) is 85.4 Å². The zero-order chi connectivity index (χ0) is 36.5. The molecule has 2 aromatic carbocycles. The molecule has 49 heavy (non-hydrogen) atoms. The molecule has 0 unspecified atom stereocenters. The van der Waals surface area contributed by atoms with Crippen molar-refractivity contribution in [2.75, 3.05) is 18.6 Å². The molecule has 2 aromatic rings. The van der Waals surface area contributed by atoms with Gasteiger partial charge >= 0.3 is 30.8 Å². The number of anilines is 1. The highest BCUT2D eigenvalue weighted by atomic mass is 19.4. The summed E-state index contributed by atoms with van der Waals surface area (Å²) in [6.07, 6.45) is -16.0. The Morgan fingerprint density at radius 1 is 0.918 bits per heavy atom. The highest BCUT2D eigenvalue weighted by Crippen LogP contribution is 2.42. The molecule has 8 nitrogen and oxygen atoms in total. The lowest BCUT2D eigenvalue weighted by Gasteiger charge is -2.31. The maximum absolute atomic E-state index is 13.6. The lowest BCUT2D eigenvalue weighted by molar-refractivity contribution is -0.274. The minimum atomic E-state index is -5.16. The number of benzene rings is 2. The number of rotatable bonds is 9. The fourth-order valence-electron chi connectivity index (χ4n) is 6.16. The van der Waals surface area contributed by atoms with Gasteiger partial charge in [-0.3, -0.25) is 14.5 Å². The van der Waals surface area contributed by atoms with E-state index in [4.69, 9.17) is 9.47 Å². The van der Waals surface area contributed by atoms with Crippen LogP contribution < -0.4 is 9.64 Å². The predicted octanol–water partition coefficient (Wildman–Crippen LogP) is 8.43. The zero-order valence-corrected chi connectivity index (χ0v) is 26.5. The number of hydrogen-bond donors (Lipinski definition) is 0. The number of amides is 2. The molecule has 0 radical (unpaired) electrons. The van der Waals surface area contributed by atoms with Gasteiger partial charge in [0.15, 0.2) is 0 Å². The van der Waals surface area contributed by atoms with Gasteiger partial charge in [0.2, 0.25) is 5.91 Å². The molecule has 0 N–H and O–H groups in total. The van der Waals surface area contributed by atoms with E-state index < -0.39 is 71.9 Å². The van der Waals surface area contributed by atoms with Crippen LogP contribution in [0.1, 0.15) is 74.3 Å². The minimum Gasteiger partial charge on any atom is -0.466 e. The van der Waals surface area contributed by atoms with Crippen molar-refractivity contribution in [1.29, 1.82) is 0 Å². The molecule has 0 bridgehead atoms. The maximum Gasteiger partial charge on any atom is 0.573 e. The van der Waals surface area contributed by atoms with Crippen molar-refractivity contribution >= 4 is 23.7 Å². The number of halogens is 9. The molecule has 2 amide bonds. The van der Waals surface area contributed by atoms with Crippen molar-refractivity contribution in [1.82, 2.24) is 4.90 Å². The molecule has 4 rings (SSSR count). The van der Waals surface area contributed by atoms with Crippen LogP contribution >= 0.6 is 0 Å². The minimum absolute atomic E-state index is 0.0161. The summed E-state index contributed by atoms with van der Waals surface area (Å²) in [4.78, 5) is 40.5. The van der Waals surface area contributed by atoms with Crippen LogP contribution in [0.3, 0.4) is 0 Å². The third-order valence-electron chi connectivity index (χ3n) is 8.60. The third-order valence-corrected chi connectivity index (χ3v) is 8.60. The Labute approximate surface area is 275 Å². The van der Waals surface area contributed by atoms with Crippen LogP contribution in [-0.4, -0.2) is 48.9 Å². The van der Waals surface area contributed by atoms with E-state index in [0.717, 1.165) is 17.0 Å². The Bertz CT molecular complexity index is 1500. The lowest BCUT2D eigenvalue weighted by Crippen LogP contribution is -2.37. The standard InChI is InChI=1S/C32H33F9N2O6/c1-4-47-26(44)11-18-5-7-19(8-6-18)28(45)42(3)25-10-9-24(49-32(39,40)41)14-21(25)16-43-17(2)27(48-29(43)46)20-12-22(30(33,34)35)15-23(13-20)31(36,37)38/h9-10,12-15,17-19,27H,4-8,11,16H2,1-3H3/t17-,18-,19-,27-/m0/s1. The van der Waals surface area contributed by atoms with Crippen molar-refractivity contribution in [2.45, 2.75) is 83.4 Å². The van der Waals surface area contributed by atoms with E-state index in [9.17, 15) is 53.9 Å². The SMILES string of the molecule is CCOC(=O)C[C@H]1CC[C@H](C(=O)N(C)c2ccc(OC(F)(F)F)cc2CN2C(=O)O[C@H](c3cc(C(F)(F)F)cc(C(F)(F)F)c3)[C@@H]2C)CC1. The molecular weight excluding hydrogens is 679 g/mol. The average molecular weight is 713 g/mol. The monoisotopic (exact) mass is 712 g/mol. The summed E-state index contributed by atoms with van der Waals surface area (Å²) in [5, 5.41) is 0. The fourth-order valence-corrected chi connectivity index (χ4v) is 6.16. The van der Waals surface area contributed by atoms with Crippen LogP contribution in [0.5, 0.6) is 5.75 Å². The summed E-state index contributed by atoms with van der Waals surface area (Å²) in [5.74, 6) is -1.91. The Hall–Kier alpha value is -4.18. The van der Waals surface area contributed by atoms with Crippen LogP contribution in [0.25, 0.3) is 0 Å². The number of carbonyl (C=O) groups excluding carboxylic acids is 3. The second-order valence-electron chi connectivity index (χ2n) is 12.0. The molecule has 2 fully saturated rings. The Morgan fingerprint density at radius 3 is 2.04 bits per heavy atom. The molecular formula is C32H33F9N2O6. The van der Waals surface area contributed by atoms with E-state index >= 15 is 0 Å². The molecule has 1 saturated heterocycles. The Kier molecular flexibility index (Phi) is 11.0. The summed E-state index contributed by atoms with van der Waals surface area (Å²) < 4.78 is 135. The lowest BCUT2D eigenvalue weighted by atomic mass is 9.80. The van der Waals surface area contributed by atoms with E-state index in [-0.39, 0.29) is 48.1 Å². The van der Waals surface area contributed by atoms with Gasteiger partial charge in [-0.1, -0.05) is 0 Å². The molecule has 2 atom stereocenters. The molecule has 2 aliphatic rings. The van der Waals surface area contributed by atoms with Crippen molar-refractivity contribution in [2.24, 2.45) is 11.8 Å². The first-order valence-electron chi connectivity index (χ1n) is 15.3. The fraction of sp³-hybridized carbons (Fsp3) is 0.531. The van der Waals surface area contributed by atoms with Gasteiger partial charge in [0.1, 0.15) is 11.9 Å². The maximum atomic E-state index is 13.6. The summed E-state index contributed by atoms with van der Waals surface area (Å²) in [6.45, 7) is 2.68. The second-order valence-corrected chi connectivity index (χ2v) is 12.0. The van der Waals surface area contributed by atoms with Crippen molar-refractivity contribution in [3.05, 3.63) is 58.7 Å². The van der Waals surface area contributed by atoms with Gasteiger partial charge in [-0.2, -0.15) is 26.3 Å². The van der Waals surface area contributed by atoms with Gasteiger partial charge in [-0.05, 0) is 93.0 Å². The van der Waals surface area contributed by atoms with Crippen LogP contribution in [-0.2, 0) is 38.0 Å². The van der Waals surface area contributed by atoms with Crippen LogP contribution in [0.4, 0.5) is 50.0 Å². The Balaban J connectivity index is 1.60. The van der Waals surface area contributed by atoms with Crippen molar-refractivity contribution in [3.8, 4) is 5.75 Å². The number of alkyl halides is 9.